The minimum Gasteiger partial charge on any atom is -0.391 e. The fourth-order valence-corrected chi connectivity index (χ4v) is 5.77. The Hall–Kier alpha value is -0.760. The van der Waals surface area contributed by atoms with E-state index in [0.29, 0.717) is 23.9 Å². The number of nitrogens with zero attached hydrogens (tertiary/aromatic N) is 1. The van der Waals surface area contributed by atoms with E-state index in [1.54, 1.807) is 0 Å². The monoisotopic (exact) mass is 648 g/mol. The molecule has 0 aromatic heterocycles. The number of hydrogen-bond acceptors (Lipinski definition) is 5. The fraction of sp³-hybridized carbons (Fsp3) is 0.914. The Balaban J connectivity index is 4.50. The van der Waals surface area contributed by atoms with Gasteiger partial charge in [0, 0.05) is 6.42 Å². The lowest BCUT2D eigenvalue weighted by Crippen LogP contribution is -2.46. The molecule has 0 spiro atoms. The molecule has 3 atom stereocenters. The number of carbonyl (C=O) groups excluding carboxylic acids is 1. The van der Waals surface area contributed by atoms with Crippen LogP contribution in [-0.2, 0) is 18.4 Å². The van der Waals surface area contributed by atoms with Crippen LogP contribution < -0.4 is 5.32 Å². The van der Waals surface area contributed by atoms with Crippen molar-refractivity contribution in [1.82, 2.24) is 5.32 Å². The molecule has 0 aliphatic rings. The second kappa shape index (κ2) is 28.5. The van der Waals surface area contributed by atoms with Gasteiger partial charge in [0.1, 0.15) is 13.2 Å². The van der Waals surface area contributed by atoms with Crippen LogP contribution in [0.25, 0.3) is 0 Å². The SMILES string of the molecule is CCCCCC/C=C\CCCCCCCC(=O)NC(COP(=O)(O)OCC[N+](C)(C)C)C(O)CCCCCCCCCCC. The average Bonchev–Trinajstić information content (AvgIpc) is 2.95. The zero-order chi connectivity index (χ0) is 32.9. The number of hydrogen-bond donors (Lipinski definition) is 3. The average molecular weight is 648 g/mol. The van der Waals surface area contributed by atoms with Crippen LogP contribution in [0.1, 0.15) is 155 Å². The smallest absolute Gasteiger partial charge is 0.391 e. The van der Waals surface area contributed by atoms with Gasteiger partial charge in [0.2, 0.25) is 5.91 Å². The van der Waals surface area contributed by atoms with E-state index in [2.05, 4.69) is 31.3 Å². The predicted octanol–water partition coefficient (Wildman–Crippen LogP) is 8.85. The van der Waals surface area contributed by atoms with Crippen LogP contribution in [0.3, 0.4) is 0 Å². The summed E-state index contributed by atoms with van der Waals surface area (Å²) in [6.45, 7) is 4.82. The van der Waals surface area contributed by atoms with Crippen molar-refractivity contribution in [3.8, 4) is 0 Å². The van der Waals surface area contributed by atoms with Gasteiger partial charge < -0.3 is 19.8 Å². The van der Waals surface area contributed by atoms with Gasteiger partial charge in [0.15, 0.2) is 0 Å². The summed E-state index contributed by atoms with van der Waals surface area (Å²) >= 11 is 0. The molecule has 9 heteroatoms. The molecule has 0 aliphatic carbocycles. The second-order valence-corrected chi connectivity index (χ2v) is 15.1. The summed E-state index contributed by atoms with van der Waals surface area (Å²) in [5, 5.41) is 13.8. The third kappa shape index (κ3) is 29.9. The number of quaternary nitrogens is 1. The summed E-state index contributed by atoms with van der Waals surface area (Å²) in [6, 6.07) is -0.757. The topological polar surface area (TPSA) is 105 Å². The molecule has 44 heavy (non-hydrogen) atoms. The van der Waals surface area contributed by atoms with Crippen molar-refractivity contribution >= 4 is 13.7 Å². The first-order valence-corrected chi connectivity index (χ1v) is 19.5. The van der Waals surface area contributed by atoms with E-state index < -0.39 is 20.0 Å². The summed E-state index contributed by atoms with van der Waals surface area (Å²) in [7, 11) is 1.61. The number of amides is 1. The van der Waals surface area contributed by atoms with E-state index in [-0.39, 0.29) is 19.1 Å². The first-order chi connectivity index (χ1) is 21.0. The molecule has 3 N–H and O–H groups in total. The lowest BCUT2D eigenvalue weighted by atomic mass is 10.0. The summed E-state index contributed by atoms with van der Waals surface area (Å²) in [5.74, 6) is -0.158. The molecule has 0 aromatic carbocycles. The van der Waals surface area contributed by atoms with Gasteiger partial charge in [-0.2, -0.15) is 0 Å². The Kier molecular flexibility index (Phi) is 28.0. The number of likely N-dealkylation sites (N-methyl/N-ethyl adjacent to an activating group) is 1. The summed E-state index contributed by atoms with van der Waals surface area (Å²) in [6.07, 6.45) is 28.0. The molecule has 0 radical (unpaired) electrons. The van der Waals surface area contributed by atoms with Gasteiger partial charge in [-0.05, 0) is 38.5 Å². The maximum absolute atomic E-state index is 12.7. The highest BCUT2D eigenvalue weighted by atomic mass is 31.2. The molecule has 8 nitrogen and oxygen atoms in total. The normalized spacial score (nSPS) is 15.0. The molecular weight excluding hydrogens is 575 g/mol. The summed E-state index contributed by atoms with van der Waals surface area (Å²) in [5.41, 5.74) is 0. The number of phosphoric ester groups is 1. The first-order valence-electron chi connectivity index (χ1n) is 18.1. The Morgan fingerprint density at radius 3 is 1.77 bits per heavy atom. The van der Waals surface area contributed by atoms with Crippen molar-refractivity contribution in [2.24, 2.45) is 0 Å². The Labute approximate surface area is 272 Å². The number of allylic oxidation sites excluding steroid dienone is 2. The van der Waals surface area contributed by atoms with Crippen molar-refractivity contribution in [3.63, 3.8) is 0 Å². The van der Waals surface area contributed by atoms with E-state index in [0.717, 1.165) is 51.4 Å². The van der Waals surface area contributed by atoms with Crippen molar-refractivity contribution in [2.75, 3.05) is 40.9 Å². The lowest BCUT2D eigenvalue weighted by molar-refractivity contribution is -0.870. The predicted molar refractivity (Wildman–Crippen MR) is 185 cm³/mol. The highest BCUT2D eigenvalue weighted by Gasteiger charge is 2.28. The van der Waals surface area contributed by atoms with E-state index >= 15 is 0 Å². The van der Waals surface area contributed by atoms with Crippen LogP contribution in [0.2, 0.25) is 0 Å². The van der Waals surface area contributed by atoms with E-state index in [9.17, 15) is 19.4 Å². The molecule has 0 saturated carbocycles. The third-order valence-corrected chi connectivity index (χ3v) is 9.00. The van der Waals surface area contributed by atoms with E-state index in [4.69, 9.17) is 9.05 Å². The largest absolute Gasteiger partial charge is 0.472 e. The highest BCUT2D eigenvalue weighted by Crippen LogP contribution is 2.43. The second-order valence-electron chi connectivity index (χ2n) is 13.6. The summed E-state index contributed by atoms with van der Waals surface area (Å²) in [4.78, 5) is 22.9. The Morgan fingerprint density at radius 1 is 0.750 bits per heavy atom. The number of aliphatic hydroxyl groups is 1. The zero-order valence-electron chi connectivity index (χ0n) is 29.4. The molecule has 0 rings (SSSR count). The highest BCUT2D eigenvalue weighted by molar-refractivity contribution is 7.47. The number of aliphatic hydroxyl groups excluding tert-OH is 1. The Morgan fingerprint density at radius 2 is 1.23 bits per heavy atom. The maximum Gasteiger partial charge on any atom is 0.472 e. The van der Waals surface area contributed by atoms with E-state index in [1.807, 2.05) is 21.1 Å². The number of phosphoric acid groups is 1. The number of unbranched alkanes of at least 4 members (excludes halogenated alkanes) is 17. The van der Waals surface area contributed by atoms with Crippen molar-refractivity contribution in [1.29, 1.82) is 0 Å². The molecule has 3 unspecified atom stereocenters. The quantitative estimate of drug-likeness (QED) is 0.0292. The molecule has 0 bridgehead atoms. The molecule has 0 aliphatic heterocycles. The molecule has 0 saturated heterocycles. The molecule has 0 fully saturated rings. The van der Waals surface area contributed by atoms with Gasteiger partial charge in [-0.25, -0.2) is 4.57 Å². The van der Waals surface area contributed by atoms with Gasteiger partial charge in [0.25, 0.3) is 0 Å². The van der Waals surface area contributed by atoms with Crippen LogP contribution in [0, 0.1) is 0 Å². The van der Waals surface area contributed by atoms with Crippen molar-refractivity contribution in [3.05, 3.63) is 12.2 Å². The van der Waals surface area contributed by atoms with Crippen LogP contribution in [0.4, 0.5) is 0 Å². The minimum absolute atomic E-state index is 0.0740. The van der Waals surface area contributed by atoms with Crippen molar-refractivity contribution in [2.45, 2.75) is 167 Å². The van der Waals surface area contributed by atoms with Gasteiger partial charge in [-0.1, -0.05) is 122 Å². The van der Waals surface area contributed by atoms with Gasteiger partial charge >= 0.3 is 7.82 Å². The minimum atomic E-state index is -4.30. The van der Waals surface area contributed by atoms with Crippen LogP contribution in [-0.4, -0.2) is 73.4 Å². The summed E-state index contributed by atoms with van der Waals surface area (Å²) < 4.78 is 23.4. The molecule has 1 amide bonds. The number of carbonyl (C=O) groups is 1. The molecule has 262 valence electrons. The zero-order valence-corrected chi connectivity index (χ0v) is 30.3. The molecule has 0 aromatic rings. The van der Waals surface area contributed by atoms with Crippen LogP contribution in [0.15, 0.2) is 12.2 Å². The lowest BCUT2D eigenvalue weighted by Gasteiger charge is -2.26. The third-order valence-electron chi connectivity index (χ3n) is 8.01. The van der Waals surface area contributed by atoms with Crippen molar-refractivity contribution < 1.29 is 32.9 Å². The standard InChI is InChI=1S/C35H71N2O6P/c1-6-8-10-12-14-16-17-18-19-21-23-25-27-29-35(39)36-33(32-43-44(40,41)42-31-30-37(3,4)5)34(38)28-26-24-22-20-15-13-11-9-7-2/h16-17,33-34,38H,6-15,18-32H2,1-5H3,(H-,36,39,40,41)/p+1/b17-16-. The molecular formula is C35H72N2O6P+. The van der Waals surface area contributed by atoms with E-state index in [1.165, 1.54) is 77.0 Å². The number of nitrogens with one attached hydrogen (secondary N) is 1. The van der Waals surface area contributed by atoms with Crippen LogP contribution in [0.5, 0.6) is 0 Å². The first kappa shape index (κ1) is 43.2. The fourth-order valence-electron chi connectivity index (χ4n) is 5.04. The molecule has 0 heterocycles. The van der Waals surface area contributed by atoms with Gasteiger partial charge in [-0.15, -0.1) is 0 Å². The Bertz CT molecular complexity index is 743. The van der Waals surface area contributed by atoms with Gasteiger partial charge in [0.05, 0.1) is 39.9 Å². The maximum atomic E-state index is 12.7. The number of rotatable bonds is 32. The van der Waals surface area contributed by atoms with Gasteiger partial charge in [-0.3, -0.25) is 13.8 Å². The van der Waals surface area contributed by atoms with Crippen LogP contribution >= 0.6 is 7.82 Å².